The first kappa shape index (κ1) is 10.9. The Hall–Kier alpha value is -1.15. The first-order valence-electron chi connectivity index (χ1n) is 4.30. The summed E-state index contributed by atoms with van der Waals surface area (Å²) in [5.41, 5.74) is 2.31. The van der Waals surface area contributed by atoms with E-state index in [1.807, 2.05) is 13.0 Å². The fourth-order valence-electron chi connectivity index (χ4n) is 1.32. The number of Topliss-reactive ketones (excluding diaryl/α,β-unsaturated/α-hetero) is 1. The van der Waals surface area contributed by atoms with Gasteiger partial charge in [0.15, 0.2) is 5.78 Å². The average molecular weight is 211 g/mol. The van der Waals surface area contributed by atoms with Crippen LogP contribution >= 0.6 is 11.6 Å². The van der Waals surface area contributed by atoms with E-state index in [1.165, 1.54) is 0 Å². The third-order valence-electron chi connectivity index (χ3n) is 2.10. The van der Waals surface area contributed by atoms with Gasteiger partial charge in [0, 0.05) is 12.0 Å². The minimum Gasteiger partial charge on any atom is -0.298 e. The van der Waals surface area contributed by atoms with Crippen LogP contribution in [0.1, 0.15) is 21.5 Å². The lowest BCUT2D eigenvalue weighted by atomic mass is 9.98. The molecule has 0 unspecified atom stereocenters. The van der Waals surface area contributed by atoms with Crippen molar-refractivity contribution in [1.82, 2.24) is 0 Å². The van der Waals surface area contributed by atoms with Crippen molar-refractivity contribution >= 4 is 23.7 Å². The van der Waals surface area contributed by atoms with E-state index >= 15 is 0 Å². The monoisotopic (exact) mass is 210 g/mol. The van der Waals surface area contributed by atoms with Crippen LogP contribution in [0.3, 0.4) is 0 Å². The number of alkyl halides is 1. The Morgan fingerprint density at radius 3 is 2.79 bits per heavy atom. The second-order valence-corrected chi connectivity index (χ2v) is 3.38. The zero-order valence-corrected chi connectivity index (χ0v) is 8.67. The second kappa shape index (κ2) is 4.91. The third-order valence-corrected chi connectivity index (χ3v) is 2.39. The van der Waals surface area contributed by atoms with Crippen molar-refractivity contribution in [2.45, 2.75) is 13.3 Å². The van der Waals surface area contributed by atoms with Crippen LogP contribution in [-0.4, -0.2) is 17.9 Å². The Balaban J connectivity index is 3.04. The minimum absolute atomic E-state index is 0.00731. The van der Waals surface area contributed by atoms with Gasteiger partial charge in [-0.25, -0.2) is 0 Å². The molecule has 0 aliphatic carbocycles. The van der Waals surface area contributed by atoms with Crippen molar-refractivity contribution in [1.29, 1.82) is 0 Å². The van der Waals surface area contributed by atoms with Crippen molar-refractivity contribution in [2.24, 2.45) is 0 Å². The molecule has 3 heteroatoms. The molecule has 0 N–H and O–H groups in total. The molecular weight excluding hydrogens is 200 g/mol. The predicted octanol–water partition coefficient (Wildman–Crippen LogP) is 2.16. The molecule has 0 saturated heterocycles. The van der Waals surface area contributed by atoms with Crippen LogP contribution in [0.5, 0.6) is 0 Å². The van der Waals surface area contributed by atoms with E-state index in [0.29, 0.717) is 5.56 Å². The summed E-state index contributed by atoms with van der Waals surface area (Å²) in [6, 6.07) is 5.38. The number of hydrogen-bond acceptors (Lipinski definition) is 2. The predicted molar refractivity (Wildman–Crippen MR) is 56.0 cm³/mol. The summed E-state index contributed by atoms with van der Waals surface area (Å²) in [6.45, 7) is 1.88. The summed E-state index contributed by atoms with van der Waals surface area (Å²) < 4.78 is 0. The molecule has 0 spiro atoms. The van der Waals surface area contributed by atoms with Crippen molar-refractivity contribution < 1.29 is 9.59 Å². The first-order valence-corrected chi connectivity index (χ1v) is 4.83. The smallest absolute Gasteiger partial charge is 0.151 e. The largest absolute Gasteiger partial charge is 0.298 e. The minimum atomic E-state index is -0.0657. The highest BCUT2D eigenvalue weighted by atomic mass is 35.5. The molecule has 0 aliphatic heterocycles. The number of carbonyl (C=O) groups is 2. The summed E-state index contributed by atoms with van der Waals surface area (Å²) in [6.07, 6.45) is 1.01. The maximum atomic E-state index is 11.2. The molecular formula is C11H11ClO2. The van der Waals surface area contributed by atoms with Crippen LogP contribution in [0.4, 0.5) is 0 Å². The maximum absolute atomic E-state index is 11.2. The SMILES string of the molecule is Cc1cccc(C=O)c1CC(=O)CCl. The molecule has 1 aromatic carbocycles. The van der Waals surface area contributed by atoms with Gasteiger partial charge in [-0.3, -0.25) is 9.59 Å². The molecule has 0 fully saturated rings. The van der Waals surface area contributed by atoms with Crippen LogP contribution in [0, 0.1) is 6.92 Å². The van der Waals surface area contributed by atoms with Crippen LogP contribution in [0.25, 0.3) is 0 Å². The summed E-state index contributed by atoms with van der Waals surface area (Å²) in [4.78, 5) is 21.9. The molecule has 0 atom stereocenters. The van der Waals surface area contributed by atoms with Gasteiger partial charge in [0.25, 0.3) is 0 Å². The topological polar surface area (TPSA) is 34.1 Å². The van der Waals surface area contributed by atoms with Gasteiger partial charge in [0.1, 0.15) is 6.29 Å². The molecule has 1 aromatic rings. The van der Waals surface area contributed by atoms with Gasteiger partial charge in [-0.05, 0) is 18.1 Å². The molecule has 0 amide bonds. The molecule has 0 radical (unpaired) electrons. The number of ketones is 1. The normalized spacial score (nSPS) is 9.86. The average Bonchev–Trinajstić information content (AvgIpc) is 2.20. The first-order chi connectivity index (χ1) is 6.69. The van der Waals surface area contributed by atoms with Crippen LogP contribution in [-0.2, 0) is 11.2 Å². The summed E-state index contributed by atoms with van der Waals surface area (Å²) in [7, 11) is 0. The number of aldehydes is 1. The molecule has 2 nitrogen and oxygen atoms in total. The lowest BCUT2D eigenvalue weighted by molar-refractivity contribution is -0.116. The van der Waals surface area contributed by atoms with Crippen molar-refractivity contribution in [3.63, 3.8) is 0 Å². The summed E-state index contributed by atoms with van der Waals surface area (Å²) in [5.74, 6) is -0.0730. The number of carbonyl (C=O) groups excluding carboxylic acids is 2. The van der Waals surface area contributed by atoms with E-state index in [0.717, 1.165) is 17.4 Å². The van der Waals surface area contributed by atoms with Crippen LogP contribution in [0.15, 0.2) is 18.2 Å². The van der Waals surface area contributed by atoms with Gasteiger partial charge >= 0.3 is 0 Å². The zero-order valence-electron chi connectivity index (χ0n) is 7.92. The second-order valence-electron chi connectivity index (χ2n) is 3.11. The summed E-state index contributed by atoms with van der Waals surface area (Å²) >= 11 is 5.41. The van der Waals surface area contributed by atoms with Gasteiger partial charge < -0.3 is 0 Å². The molecule has 14 heavy (non-hydrogen) atoms. The van der Waals surface area contributed by atoms with Crippen LogP contribution in [0.2, 0.25) is 0 Å². The fourth-order valence-corrected chi connectivity index (χ4v) is 1.42. The van der Waals surface area contributed by atoms with E-state index in [2.05, 4.69) is 0 Å². The number of aryl methyl sites for hydroxylation is 1. The van der Waals surface area contributed by atoms with Crippen molar-refractivity contribution in [3.05, 3.63) is 34.9 Å². The standard InChI is InChI=1S/C11H11ClO2/c1-8-3-2-4-9(7-13)11(8)5-10(14)6-12/h2-4,7H,5-6H2,1H3. The Kier molecular flexibility index (Phi) is 3.84. The molecule has 0 aromatic heterocycles. The van der Waals surface area contributed by atoms with E-state index in [9.17, 15) is 9.59 Å². The number of halogens is 1. The fraction of sp³-hybridized carbons (Fsp3) is 0.273. The summed E-state index contributed by atoms with van der Waals surface area (Å²) in [5, 5.41) is 0. The van der Waals surface area contributed by atoms with Gasteiger partial charge in [-0.15, -0.1) is 11.6 Å². The van der Waals surface area contributed by atoms with Gasteiger partial charge in [0.2, 0.25) is 0 Å². The van der Waals surface area contributed by atoms with Crippen molar-refractivity contribution in [2.75, 3.05) is 5.88 Å². The number of benzene rings is 1. The number of rotatable bonds is 4. The van der Waals surface area contributed by atoms with Crippen LogP contribution < -0.4 is 0 Å². The number of hydrogen-bond donors (Lipinski definition) is 0. The Bertz CT molecular complexity index is 358. The lowest BCUT2D eigenvalue weighted by Crippen LogP contribution is -2.07. The lowest BCUT2D eigenvalue weighted by Gasteiger charge is -2.06. The molecule has 0 bridgehead atoms. The quantitative estimate of drug-likeness (QED) is 0.564. The molecule has 74 valence electrons. The maximum Gasteiger partial charge on any atom is 0.151 e. The van der Waals surface area contributed by atoms with E-state index in [4.69, 9.17) is 11.6 Å². The molecule has 0 aliphatic rings. The third kappa shape index (κ3) is 2.42. The molecule has 0 heterocycles. The van der Waals surface area contributed by atoms with E-state index in [1.54, 1.807) is 12.1 Å². The molecule has 0 saturated carbocycles. The highest BCUT2D eigenvalue weighted by Crippen LogP contribution is 2.13. The zero-order chi connectivity index (χ0) is 10.6. The van der Waals surface area contributed by atoms with Gasteiger partial charge in [-0.2, -0.15) is 0 Å². The molecule has 1 rings (SSSR count). The highest BCUT2D eigenvalue weighted by molar-refractivity contribution is 6.27. The Morgan fingerprint density at radius 2 is 2.21 bits per heavy atom. The Labute approximate surface area is 87.9 Å². The van der Waals surface area contributed by atoms with Gasteiger partial charge in [0.05, 0.1) is 5.88 Å². The Morgan fingerprint density at radius 1 is 1.50 bits per heavy atom. The van der Waals surface area contributed by atoms with E-state index < -0.39 is 0 Å². The van der Waals surface area contributed by atoms with Crippen molar-refractivity contribution in [3.8, 4) is 0 Å². The van der Waals surface area contributed by atoms with E-state index in [-0.39, 0.29) is 18.1 Å². The highest BCUT2D eigenvalue weighted by Gasteiger charge is 2.08. The van der Waals surface area contributed by atoms with Gasteiger partial charge in [-0.1, -0.05) is 18.2 Å².